The third-order valence-electron chi connectivity index (χ3n) is 3.73. The molecule has 1 saturated heterocycles. The first kappa shape index (κ1) is 13.7. The van der Waals surface area contributed by atoms with Gasteiger partial charge >= 0.3 is 0 Å². The summed E-state index contributed by atoms with van der Waals surface area (Å²) in [7, 11) is 0. The minimum atomic E-state index is -0.957. The van der Waals surface area contributed by atoms with Crippen molar-refractivity contribution in [3.63, 3.8) is 0 Å². The second-order valence-corrected chi connectivity index (χ2v) is 5.08. The van der Waals surface area contributed by atoms with Gasteiger partial charge in [-0.15, -0.1) is 0 Å². The molecule has 1 N–H and O–H groups in total. The standard InChI is InChI=1S/C14H26O2/c1-5-8-9-10-14(7-3)11-12(6-2)13(4,15)16-14/h9-10,12,15H,5-8,11H2,1-4H3/b10-9+/t12-,13+,14+/m0/s1. The van der Waals surface area contributed by atoms with Gasteiger partial charge in [0.25, 0.3) is 0 Å². The van der Waals surface area contributed by atoms with Crippen LogP contribution in [0.4, 0.5) is 0 Å². The second-order valence-electron chi connectivity index (χ2n) is 5.08. The van der Waals surface area contributed by atoms with Crippen LogP contribution in [0.3, 0.4) is 0 Å². The highest BCUT2D eigenvalue weighted by Gasteiger charge is 2.49. The fraction of sp³-hybridized carbons (Fsp3) is 0.857. The maximum atomic E-state index is 10.2. The maximum absolute atomic E-state index is 10.2. The molecule has 16 heavy (non-hydrogen) atoms. The predicted molar refractivity (Wildman–Crippen MR) is 67.2 cm³/mol. The molecule has 0 bridgehead atoms. The van der Waals surface area contributed by atoms with Gasteiger partial charge in [0, 0.05) is 5.92 Å². The molecule has 0 amide bonds. The molecule has 3 atom stereocenters. The number of allylic oxidation sites excluding steroid dienone is 1. The Morgan fingerprint density at radius 2 is 2.06 bits per heavy atom. The van der Waals surface area contributed by atoms with Crippen molar-refractivity contribution in [2.24, 2.45) is 5.92 Å². The summed E-state index contributed by atoms with van der Waals surface area (Å²) in [6.07, 6.45) is 9.44. The topological polar surface area (TPSA) is 29.5 Å². The summed E-state index contributed by atoms with van der Waals surface area (Å²) >= 11 is 0. The molecule has 0 unspecified atom stereocenters. The first-order valence-corrected chi connectivity index (χ1v) is 6.60. The minimum absolute atomic E-state index is 0.237. The summed E-state index contributed by atoms with van der Waals surface area (Å²) in [6, 6.07) is 0. The lowest BCUT2D eigenvalue weighted by Crippen LogP contribution is -2.33. The van der Waals surface area contributed by atoms with E-state index in [9.17, 15) is 5.11 Å². The van der Waals surface area contributed by atoms with Crippen LogP contribution in [0.15, 0.2) is 12.2 Å². The number of ether oxygens (including phenoxy) is 1. The number of unbranched alkanes of at least 4 members (excludes halogenated alkanes) is 1. The van der Waals surface area contributed by atoms with Crippen molar-refractivity contribution in [2.45, 2.75) is 71.2 Å². The molecule has 1 aliphatic heterocycles. The van der Waals surface area contributed by atoms with Crippen molar-refractivity contribution in [2.75, 3.05) is 0 Å². The van der Waals surface area contributed by atoms with E-state index < -0.39 is 5.79 Å². The van der Waals surface area contributed by atoms with E-state index in [4.69, 9.17) is 4.74 Å². The van der Waals surface area contributed by atoms with Crippen LogP contribution in [-0.4, -0.2) is 16.5 Å². The van der Waals surface area contributed by atoms with Gasteiger partial charge in [0.05, 0.1) is 5.60 Å². The molecular formula is C14H26O2. The molecule has 2 nitrogen and oxygen atoms in total. The Kier molecular flexibility index (Phi) is 4.57. The van der Waals surface area contributed by atoms with E-state index in [1.807, 2.05) is 0 Å². The molecule has 2 heteroatoms. The number of hydrogen-bond donors (Lipinski definition) is 1. The van der Waals surface area contributed by atoms with Crippen molar-refractivity contribution >= 4 is 0 Å². The molecule has 0 spiro atoms. The fourth-order valence-corrected chi connectivity index (χ4v) is 2.57. The lowest BCUT2D eigenvalue weighted by molar-refractivity contribution is -0.216. The molecule has 1 heterocycles. The average molecular weight is 226 g/mol. The lowest BCUT2D eigenvalue weighted by Gasteiger charge is -2.27. The fourth-order valence-electron chi connectivity index (χ4n) is 2.57. The van der Waals surface area contributed by atoms with E-state index in [2.05, 4.69) is 32.9 Å². The van der Waals surface area contributed by atoms with Gasteiger partial charge in [0.2, 0.25) is 0 Å². The molecule has 0 saturated carbocycles. The summed E-state index contributed by atoms with van der Waals surface area (Å²) < 4.78 is 5.90. The molecule has 1 aliphatic rings. The van der Waals surface area contributed by atoms with E-state index in [0.717, 1.165) is 32.1 Å². The third kappa shape index (κ3) is 2.86. The van der Waals surface area contributed by atoms with E-state index in [1.54, 1.807) is 6.92 Å². The molecule has 0 aliphatic carbocycles. The molecular weight excluding hydrogens is 200 g/mol. The zero-order valence-corrected chi connectivity index (χ0v) is 11.1. The number of aliphatic hydroxyl groups is 1. The molecule has 0 aromatic rings. The smallest absolute Gasteiger partial charge is 0.166 e. The van der Waals surface area contributed by atoms with Gasteiger partial charge in [0.15, 0.2) is 5.79 Å². The van der Waals surface area contributed by atoms with Crippen molar-refractivity contribution in [1.82, 2.24) is 0 Å². The Morgan fingerprint density at radius 3 is 2.50 bits per heavy atom. The lowest BCUT2D eigenvalue weighted by atomic mass is 9.87. The molecule has 94 valence electrons. The Balaban J connectivity index is 2.76. The van der Waals surface area contributed by atoms with Crippen LogP contribution in [0.5, 0.6) is 0 Å². The first-order chi connectivity index (χ1) is 7.49. The van der Waals surface area contributed by atoms with Crippen molar-refractivity contribution in [1.29, 1.82) is 0 Å². The number of rotatable bonds is 5. The highest BCUT2D eigenvalue weighted by atomic mass is 16.6. The molecule has 1 rings (SSSR count). The summed E-state index contributed by atoms with van der Waals surface area (Å²) in [4.78, 5) is 0. The highest BCUT2D eigenvalue weighted by molar-refractivity contribution is 5.08. The van der Waals surface area contributed by atoms with Crippen LogP contribution in [0.2, 0.25) is 0 Å². The SMILES string of the molecule is CCC/C=C/[C@]1(CC)C[C@H](CC)[C@](C)(O)O1. The van der Waals surface area contributed by atoms with Crippen LogP contribution in [0, 0.1) is 5.92 Å². The van der Waals surface area contributed by atoms with Gasteiger partial charge in [-0.2, -0.15) is 0 Å². The van der Waals surface area contributed by atoms with Crippen LogP contribution >= 0.6 is 0 Å². The molecule has 0 radical (unpaired) electrons. The monoisotopic (exact) mass is 226 g/mol. The van der Waals surface area contributed by atoms with Gasteiger partial charge in [-0.25, -0.2) is 0 Å². The molecule has 1 fully saturated rings. The Bertz CT molecular complexity index is 245. The third-order valence-corrected chi connectivity index (χ3v) is 3.73. The molecule has 0 aromatic heterocycles. The summed E-state index contributed by atoms with van der Waals surface area (Å²) in [5, 5.41) is 10.2. The maximum Gasteiger partial charge on any atom is 0.166 e. The highest BCUT2D eigenvalue weighted by Crippen LogP contribution is 2.45. The normalized spacial score (nSPS) is 39.7. The number of hydrogen-bond acceptors (Lipinski definition) is 2. The largest absolute Gasteiger partial charge is 0.365 e. The van der Waals surface area contributed by atoms with Crippen LogP contribution in [0.25, 0.3) is 0 Å². The first-order valence-electron chi connectivity index (χ1n) is 6.60. The molecule has 0 aromatic carbocycles. The van der Waals surface area contributed by atoms with Gasteiger partial charge in [-0.1, -0.05) is 39.3 Å². The van der Waals surface area contributed by atoms with Crippen molar-refractivity contribution in [3.05, 3.63) is 12.2 Å². The van der Waals surface area contributed by atoms with E-state index in [1.165, 1.54) is 0 Å². The van der Waals surface area contributed by atoms with Gasteiger partial charge in [-0.05, 0) is 32.6 Å². The van der Waals surface area contributed by atoms with Crippen LogP contribution < -0.4 is 0 Å². The quantitative estimate of drug-likeness (QED) is 0.725. The predicted octanol–water partition coefficient (Wildman–Crippen LogP) is 3.65. The van der Waals surface area contributed by atoms with Crippen molar-refractivity contribution < 1.29 is 9.84 Å². The van der Waals surface area contributed by atoms with Crippen LogP contribution in [-0.2, 0) is 4.74 Å². The zero-order valence-electron chi connectivity index (χ0n) is 11.1. The van der Waals surface area contributed by atoms with Crippen LogP contribution in [0.1, 0.15) is 59.8 Å². The van der Waals surface area contributed by atoms with E-state index in [0.29, 0.717) is 0 Å². The van der Waals surface area contributed by atoms with E-state index >= 15 is 0 Å². The van der Waals surface area contributed by atoms with Crippen molar-refractivity contribution in [3.8, 4) is 0 Å². The summed E-state index contributed by atoms with van der Waals surface area (Å²) in [5.41, 5.74) is -0.237. The van der Waals surface area contributed by atoms with Gasteiger partial charge < -0.3 is 9.84 Å². The Labute approximate surface area is 99.7 Å². The van der Waals surface area contributed by atoms with Gasteiger partial charge in [-0.3, -0.25) is 0 Å². The van der Waals surface area contributed by atoms with Gasteiger partial charge in [0.1, 0.15) is 0 Å². The second kappa shape index (κ2) is 5.33. The summed E-state index contributed by atoms with van der Waals surface area (Å²) in [6.45, 7) is 8.21. The summed E-state index contributed by atoms with van der Waals surface area (Å²) in [5.74, 6) is -0.708. The Morgan fingerprint density at radius 1 is 1.38 bits per heavy atom. The minimum Gasteiger partial charge on any atom is -0.365 e. The Hall–Kier alpha value is -0.340. The average Bonchev–Trinajstić information content (AvgIpc) is 2.51. The van der Waals surface area contributed by atoms with E-state index in [-0.39, 0.29) is 11.5 Å². The zero-order chi connectivity index (χ0) is 12.2.